The fourth-order valence-electron chi connectivity index (χ4n) is 3.66. The van der Waals surface area contributed by atoms with Crippen molar-refractivity contribution in [2.75, 3.05) is 14.1 Å². The number of phenols is 1. The summed E-state index contributed by atoms with van der Waals surface area (Å²) in [6.45, 7) is 0. The van der Waals surface area contributed by atoms with Crippen LogP contribution in [0.2, 0.25) is 0 Å². The molecule has 24 heavy (non-hydrogen) atoms. The van der Waals surface area contributed by atoms with E-state index < -0.39 is 16.3 Å². The first kappa shape index (κ1) is 19.6. The zero-order valence-electron chi connectivity index (χ0n) is 14.4. The lowest BCUT2D eigenvalue weighted by atomic mass is 9.33. The van der Waals surface area contributed by atoms with E-state index in [4.69, 9.17) is 39.2 Å². The van der Waals surface area contributed by atoms with Gasteiger partial charge in [0.25, 0.3) is 0 Å². The van der Waals surface area contributed by atoms with Crippen molar-refractivity contribution in [2.24, 2.45) is 0 Å². The summed E-state index contributed by atoms with van der Waals surface area (Å²) >= 11 is 0. The van der Waals surface area contributed by atoms with Crippen molar-refractivity contribution < 1.29 is 10.2 Å². The number of phenolic OH excluding ortho intramolecular Hbond substituents is 1. The highest BCUT2D eigenvalue weighted by Crippen LogP contribution is 2.48. The van der Waals surface area contributed by atoms with E-state index in [1.54, 1.807) is 19.0 Å². The third-order valence-electron chi connectivity index (χ3n) is 5.41. The second-order valence-corrected chi connectivity index (χ2v) is 7.12. The van der Waals surface area contributed by atoms with E-state index in [2.05, 4.69) is 0 Å². The zero-order valence-corrected chi connectivity index (χ0v) is 14.4. The first-order valence-corrected chi connectivity index (χ1v) is 8.12. The normalized spacial score (nSPS) is 20.7. The Morgan fingerprint density at radius 1 is 1.00 bits per heavy atom. The molecule has 3 nitrogen and oxygen atoms in total. The highest BCUT2D eigenvalue weighted by molar-refractivity contribution is 6.46. The summed E-state index contributed by atoms with van der Waals surface area (Å²) in [5.41, 5.74) is -0.796. The van der Waals surface area contributed by atoms with E-state index in [1.165, 1.54) is 12.1 Å². The van der Waals surface area contributed by atoms with Gasteiger partial charge >= 0.3 is 0 Å². The molecule has 8 heteroatoms. The Kier molecular flexibility index (Phi) is 5.33. The van der Waals surface area contributed by atoms with Crippen LogP contribution in [-0.4, -0.2) is 79.4 Å². The third kappa shape index (κ3) is 2.86. The molecule has 1 saturated carbocycles. The van der Waals surface area contributed by atoms with Crippen LogP contribution in [0.15, 0.2) is 12.1 Å². The van der Waals surface area contributed by atoms with Gasteiger partial charge in [0.15, 0.2) is 0 Å². The Balaban J connectivity index is 2.72. The van der Waals surface area contributed by atoms with Crippen LogP contribution in [0.5, 0.6) is 5.75 Å². The first-order valence-electron chi connectivity index (χ1n) is 8.12. The Morgan fingerprint density at radius 3 is 1.88 bits per heavy atom. The molecule has 0 aromatic heterocycles. The Bertz CT molecular complexity index is 593. The third-order valence-corrected chi connectivity index (χ3v) is 5.41. The van der Waals surface area contributed by atoms with Crippen molar-refractivity contribution in [3.63, 3.8) is 0 Å². The SMILES string of the molecule is [B]c1cc(C([B])(C2(O)CCCCC2)C([B])([B])N(C)C)cc([B])c1O. The molecule has 0 bridgehead atoms. The number of hydrogen-bond acceptors (Lipinski definition) is 3. The Morgan fingerprint density at radius 2 is 1.46 bits per heavy atom. The van der Waals surface area contributed by atoms with E-state index in [0.29, 0.717) is 18.4 Å². The van der Waals surface area contributed by atoms with Crippen molar-refractivity contribution in [3.8, 4) is 5.75 Å². The standard InChI is InChI=1S/C16H20B5NO2/c1-22(2)16(20,21)15(19,14(24)6-4-3-5-7-14)10-8-11(17)13(23)12(18)9-10/h8-9,23-24H,3-7H2,1-2H3. The number of hydrogen-bond donors (Lipinski definition) is 2. The Hall–Kier alpha value is -0.735. The molecule has 1 aromatic carbocycles. The van der Waals surface area contributed by atoms with Gasteiger partial charge in [-0.1, -0.05) is 42.3 Å². The molecule has 2 rings (SSSR count). The lowest BCUT2D eigenvalue weighted by molar-refractivity contribution is -0.0575. The highest BCUT2D eigenvalue weighted by Gasteiger charge is 2.55. The fraction of sp³-hybridized carbons (Fsp3) is 0.625. The van der Waals surface area contributed by atoms with Crippen molar-refractivity contribution in [2.45, 2.75) is 48.4 Å². The first-order chi connectivity index (χ1) is 11.0. The number of likely N-dealkylation sites (N-methyl/N-ethyl adjacent to an activating group) is 1. The second kappa shape index (κ2) is 6.53. The summed E-state index contributed by atoms with van der Waals surface area (Å²) in [6.07, 6.45) is 3.59. The smallest absolute Gasteiger partial charge is 0.118 e. The van der Waals surface area contributed by atoms with Gasteiger partial charge in [-0.2, -0.15) is 0 Å². The molecule has 1 unspecified atom stereocenters. The monoisotopic (exact) mass is 313 g/mol. The minimum atomic E-state index is -1.57. The van der Waals surface area contributed by atoms with Crippen LogP contribution in [0.4, 0.5) is 0 Å². The lowest BCUT2D eigenvalue weighted by Crippen LogP contribution is -2.72. The maximum Gasteiger partial charge on any atom is 0.118 e. The van der Waals surface area contributed by atoms with E-state index >= 15 is 0 Å². The van der Waals surface area contributed by atoms with Crippen molar-refractivity contribution in [1.82, 2.24) is 4.90 Å². The van der Waals surface area contributed by atoms with Gasteiger partial charge in [-0.05, 0) is 43.2 Å². The van der Waals surface area contributed by atoms with E-state index in [9.17, 15) is 10.2 Å². The summed E-state index contributed by atoms with van der Waals surface area (Å²) < 4.78 is 0. The lowest BCUT2D eigenvalue weighted by Gasteiger charge is -2.60. The molecule has 1 aliphatic rings. The predicted octanol–water partition coefficient (Wildman–Crippen LogP) is -1.41. The van der Waals surface area contributed by atoms with Crippen LogP contribution in [-0.2, 0) is 5.31 Å². The van der Waals surface area contributed by atoms with Crippen LogP contribution >= 0.6 is 0 Å². The van der Waals surface area contributed by atoms with Gasteiger partial charge in [-0.3, -0.25) is 0 Å². The zero-order chi connectivity index (χ0) is 18.3. The predicted molar refractivity (Wildman–Crippen MR) is 102 cm³/mol. The summed E-state index contributed by atoms with van der Waals surface area (Å²) in [6, 6.07) is 2.96. The van der Waals surface area contributed by atoms with E-state index in [1.807, 2.05) is 0 Å². The van der Waals surface area contributed by atoms with Gasteiger partial charge in [0.2, 0.25) is 0 Å². The molecule has 1 atom stereocenters. The van der Waals surface area contributed by atoms with Crippen molar-refractivity contribution in [3.05, 3.63) is 17.7 Å². The van der Waals surface area contributed by atoms with Crippen LogP contribution in [0, 0.1) is 0 Å². The number of benzene rings is 1. The molecular formula is C16H20B5NO2. The van der Waals surface area contributed by atoms with E-state index in [-0.39, 0.29) is 16.7 Å². The maximum absolute atomic E-state index is 11.4. The molecule has 116 valence electrons. The minimum absolute atomic E-state index is 0.0637. The molecule has 0 saturated heterocycles. The molecule has 0 spiro atoms. The van der Waals surface area contributed by atoms with Crippen LogP contribution in [0.1, 0.15) is 37.7 Å². The molecule has 1 fully saturated rings. The number of nitrogens with zero attached hydrogens (tertiary/aromatic N) is 1. The maximum atomic E-state index is 11.4. The summed E-state index contributed by atoms with van der Waals surface area (Å²) in [5.74, 6) is -0.221. The topological polar surface area (TPSA) is 43.7 Å². The van der Waals surface area contributed by atoms with Crippen molar-refractivity contribution in [1.29, 1.82) is 0 Å². The highest BCUT2D eigenvalue weighted by atomic mass is 16.3. The summed E-state index contributed by atoms with van der Waals surface area (Å²) in [5, 5.41) is 18.2. The molecule has 0 heterocycles. The number of aliphatic hydroxyl groups is 1. The number of aromatic hydroxyl groups is 1. The largest absolute Gasteiger partial charge is 0.509 e. The van der Waals surface area contributed by atoms with E-state index in [0.717, 1.165) is 19.3 Å². The molecular weight excluding hydrogens is 292 g/mol. The Labute approximate surface area is 151 Å². The quantitative estimate of drug-likeness (QED) is 0.672. The van der Waals surface area contributed by atoms with Gasteiger partial charge in [-0.25, -0.2) is 0 Å². The molecule has 0 aliphatic heterocycles. The van der Waals surface area contributed by atoms with Crippen molar-refractivity contribution >= 4 is 50.2 Å². The van der Waals surface area contributed by atoms with Gasteiger partial charge < -0.3 is 15.1 Å². The molecule has 1 aromatic rings. The van der Waals surface area contributed by atoms with Gasteiger partial charge in [0.1, 0.15) is 21.4 Å². The average molecular weight is 312 g/mol. The summed E-state index contributed by atoms with van der Waals surface area (Å²) in [4.78, 5) is 1.57. The van der Waals surface area contributed by atoms with Crippen LogP contribution in [0.3, 0.4) is 0 Å². The summed E-state index contributed by atoms with van der Waals surface area (Å²) in [7, 11) is 34.6. The van der Waals surface area contributed by atoms with Crippen LogP contribution in [0.25, 0.3) is 0 Å². The van der Waals surface area contributed by atoms with Crippen LogP contribution < -0.4 is 10.9 Å². The fourth-order valence-corrected chi connectivity index (χ4v) is 3.66. The van der Waals surface area contributed by atoms with Gasteiger partial charge in [-0.15, -0.1) is 0 Å². The number of rotatable bonds is 4. The second-order valence-electron chi connectivity index (χ2n) is 7.12. The molecule has 1 aliphatic carbocycles. The van der Waals surface area contributed by atoms with Gasteiger partial charge in [0.05, 0.1) is 29.1 Å². The molecule has 2 N–H and O–H groups in total. The molecule has 10 radical (unpaired) electrons. The average Bonchev–Trinajstić information content (AvgIpc) is 2.51. The minimum Gasteiger partial charge on any atom is -0.509 e. The van der Waals surface area contributed by atoms with Gasteiger partial charge in [0, 0.05) is 0 Å². The molecule has 0 amide bonds.